The van der Waals surface area contributed by atoms with Crippen molar-refractivity contribution < 1.29 is 5.11 Å². The van der Waals surface area contributed by atoms with Crippen LogP contribution in [-0.4, -0.2) is 17.6 Å². The van der Waals surface area contributed by atoms with Crippen LogP contribution in [0.3, 0.4) is 0 Å². The van der Waals surface area contributed by atoms with E-state index in [9.17, 15) is 5.11 Å². The highest BCUT2D eigenvalue weighted by Gasteiger charge is 2.22. The molecule has 0 fully saturated rings. The standard InChI is InChI=1S/C18H23N3O/c1-13-9-14(2)11-16(10-13)21-17(19)20-12-18(3,22)15-7-5-4-6-8-15/h4-11,22H,12H2,1-3H3,(H3,19,20,21). The van der Waals surface area contributed by atoms with E-state index in [-0.39, 0.29) is 6.54 Å². The normalized spacial score (nSPS) is 14.5. The van der Waals surface area contributed by atoms with Gasteiger partial charge in [-0.15, -0.1) is 0 Å². The van der Waals surface area contributed by atoms with E-state index in [1.54, 1.807) is 6.92 Å². The Morgan fingerprint density at radius 3 is 2.32 bits per heavy atom. The molecule has 4 heteroatoms. The Balaban J connectivity index is 2.06. The molecule has 0 spiro atoms. The van der Waals surface area contributed by atoms with Gasteiger partial charge in [-0.05, 0) is 49.6 Å². The molecule has 1 unspecified atom stereocenters. The number of benzene rings is 2. The fraction of sp³-hybridized carbons (Fsp3) is 0.278. The van der Waals surface area contributed by atoms with Crippen LogP contribution in [0.4, 0.5) is 5.69 Å². The first-order valence-electron chi connectivity index (χ1n) is 7.30. The quantitative estimate of drug-likeness (QED) is 0.600. The van der Waals surface area contributed by atoms with Crippen LogP contribution < -0.4 is 11.1 Å². The number of nitrogens with one attached hydrogen (secondary N) is 1. The van der Waals surface area contributed by atoms with E-state index < -0.39 is 5.60 Å². The van der Waals surface area contributed by atoms with E-state index in [1.807, 2.05) is 56.3 Å². The SMILES string of the molecule is Cc1cc(C)cc(NC(N)=NCC(C)(O)c2ccccc2)c1. The minimum atomic E-state index is -1.05. The van der Waals surface area contributed by atoms with Crippen LogP contribution in [0.5, 0.6) is 0 Å². The molecule has 4 N–H and O–H groups in total. The van der Waals surface area contributed by atoms with E-state index >= 15 is 0 Å². The summed E-state index contributed by atoms with van der Waals surface area (Å²) in [6.45, 7) is 5.99. The van der Waals surface area contributed by atoms with E-state index in [0.29, 0.717) is 5.96 Å². The predicted molar refractivity (Wildman–Crippen MR) is 92.0 cm³/mol. The lowest BCUT2D eigenvalue weighted by Gasteiger charge is -2.21. The average molecular weight is 297 g/mol. The summed E-state index contributed by atoms with van der Waals surface area (Å²) in [5.74, 6) is 0.293. The van der Waals surface area contributed by atoms with E-state index in [2.05, 4.69) is 16.4 Å². The Morgan fingerprint density at radius 2 is 1.73 bits per heavy atom. The number of nitrogens with zero attached hydrogens (tertiary/aromatic N) is 1. The molecule has 2 aromatic carbocycles. The molecule has 116 valence electrons. The number of hydrogen-bond donors (Lipinski definition) is 3. The van der Waals surface area contributed by atoms with Gasteiger partial charge in [-0.25, -0.2) is 4.99 Å². The van der Waals surface area contributed by atoms with Gasteiger partial charge in [-0.2, -0.15) is 0 Å². The predicted octanol–water partition coefficient (Wildman–Crippen LogP) is 2.94. The van der Waals surface area contributed by atoms with E-state index in [4.69, 9.17) is 5.73 Å². The number of guanidine groups is 1. The van der Waals surface area contributed by atoms with Crippen molar-refractivity contribution >= 4 is 11.6 Å². The van der Waals surface area contributed by atoms with Gasteiger partial charge in [-0.3, -0.25) is 0 Å². The summed E-state index contributed by atoms with van der Waals surface area (Å²) in [7, 11) is 0. The maximum atomic E-state index is 10.5. The molecule has 1 atom stereocenters. The van der Waals surface area contributed by atoms with Crippen molar-refractivity contribution in [2.24, 2.45) is 10.7 Å². The third kappa shape index (κ3) is 4.33. The molecule has 2 aromatic rings. The first kappa shape index (κ1) is 16.0. The number of aliphatic imine (C=N–C) groups is 1. The van der Waals surface area contributed by atoms with Gasteiger partial charge >= 0.3 is 0 Å². The van der Waals surface area contributed by atoms with Crippen LogP contribution >= 0.6 is 0 Å². The van der Waals surface area contributed by atoms with E-state index in [1.165, 1.54) is 0 Å². The molecule has 0 aromatic heterocycles. The van der Waals surface area contributed by atoms with Gasteiger partial charge in [0, 0.05) is 5.69 Å². The molecule has 0 radical (unpaired) electrons. The zero-order chi connectivity index (χ0) is 16.2. The van der Waals surface area contributed by atoms with Crippen molar-refractivity contribution in [1.82, 2.24) is 0 Å². The van der Waals surface area contributed by atoms with Gasteiger partial charge in [0.1, 0.15) is 5.60 Å². The van der Waals surface area contributed by atoms with Crippen LogP contribution in [0.15, 0.2) is 53.5 Å². The number of rotatable bonds is 4. The van der Waals surface area contributed by atoms with Crippen molar-refractivity contribution in [3.05, 3.63) is 65.2 Å². The summed E-state index contributed by atoms with van der Waals surface area (Å²) >= 11 is 0. The molecule has 0 aliphatic heterocycles. The molecule has 0 aliphatic carbocycles. The Morgan fingerprint density at radius 1 is 1.14 bits per heavy atom. The molecule has 0 heterocycles. The number of hydrogen-bond acceptors (Lipinski definition) is 2. The molecule has 0 aliphatic rings. The van der Waals surface area contributed by atoms with Gasteiger partial charge in [0.25, 0.3) is 0 Å². The lowest BCUT2D eigenvalue weighted by atomic mass is 9.96. The summed E-state index contributed by atoms with van der Waals surface area (Å²) in [5.41, 5.74) is 8.91. The van der Waals surface area contributed by atoms with Gasteiger partial charge in [0.2, 0.25) is 0 Å². The van der Waals surface area contributed by atoms with Crippen molar-refractivity contribution in [2.75, 3.05) is 11.9 Å². The molecular formula is C18H23N3O. The fourth-order valence-corrected chi connectivity index (χ4v) is 2.36. The van der Waals surface area contributed by atoms with Crippen molar-refractivity contribution in [3.8, 4) is 0 Å². The summed E-state index contributed by atoms with van der Waals surface area (Å²) < 4.78 is 0. The van der Waals surface area contributed by atoms with Crippen molar-refractivity contribution in [2.45, 2.75) is 26.4 Å². The zero-order valence-electron chi connectivity index (χ0n) is 13.3. The summed E-state index contributed by atoms with van der Waals surface area (Å²) in [6.07, 6.45) is 0. The lowest BCUT2D eigenvalue weighted by Crippen LogP contribution is -2.29. The minimum absolute atomic E-state index is 0.195. The molecule has 4 nitrogen and oxygen atoms in total. The molecular weight excluding hydrogens is 274 g/mol. The number of anilines is 1. The zero-order valence-corrected chi connectivity index (χ0v) is 13.3. The topological polar surface area (TPSA) is 70.6 Å². The van der Waals surface area contributed by atoms with Gasteiger partial charge in [-0.1, -0.05) is 36.4 Å². The highest BCUT2D eigenvalue weighted by molar-refractivity contribution is 5.92. The molecule has 0 saturated heterocycles. The van der Waals surface area contributed by atoms with Crippen LogP contribution in [-0.2, 0) is 5.60 Å². The Hall–Kier alpha value is -2.33. The summed E-state index contributed by atoms with van der Waals surface area (Å²) in [5, 5.41) is 13.6. The summed E-state index contributed by atoms with van der Waals surface area (Å²) in [4.78, 5) is 4.26. The Kier molecular flexibility index (Phi) is 4.83. The smallest absolute Gasteiger partial charge is 0.193 e. The van der Waals surface area contributed by atoms with Crippen molar-refractivity contribution in [3.63, 3.8) is 0 Å². The Bertz CT molecular complexity index is 643. The fourth-order valence-electron chi connectivity index (χ4n) is 2.36. The second kappa shape index (κ2) is 6.62. The molecule has 2 rings (SSSR count). The highest BCUT2D eigenvalue weighted by atomic mass is 16.3. The third-order valence-corrected chi connectivity index (χ3v) is 3.45. The van der Waals surface area contributed by atoms with Gasteiger partial charge < -0.3 is 16.2 Å². The molecule has 0 bridgehead atoms. The highest BCUT2D eigenvalue weighted by Crippen LogP contribution is 2.20. The Labute approximate surface area is 131 Å². The van der Waals surface area contributed by atoms with Gasteiger partial charge in [0.15, 0.2) is 5.96 Å². The second-order valence-corrected chi connectivity index (χ2v) is 5.84. The van der Waals surface area contributed by atoms with Gasteiger partial charge in [0.05, 0.1) is 6.54 Å². The number of aryl methyl sites for hydroxylation is 2. The molecule has 22 heavy (non-hydrogen) atoms. The van der Waals surface area contributed by atoms with Crippen LogP contribution in [0.1, 0.15) is 23.6 Å². The average Bonchev–Trinajstić information content (AvgIpc) is 2.45. The molecule has 0 amide bonds. The first-order chi connectivity index (χ1) is 10.4. The second-order valence-electron chi connectivity index (χ2n) is 5.84. The number of nitrogens with two attached hydrogens (primary N) is 1. The lowest BCUT2D eigenvalue weighted by molar-refractivity contribution is 0.0674. The summed E-state index contributed by atoms with van der Waals surface area (Å²) in [6, 6.07) is 15.6. The first-order valence-corrected chi connectivity index (χ1v) is 7.30. The van der Waals surface area contributed by atoms with Crippen molar-refractivity contribution in [1.29, 1.82) is 0 Å². The molecule has 0 saturated carbocycles. The van der Waals surface area contributed by atoms with Crippen LogP contribution in [0, 0.1) is 13.8 Å². The monoisotopic (exact) mass is 297 g/mol. The third-order valence-electron chi connectivity index (χ3n) is 3.45. The van der Waals surface area contributed by atoms with Crippen LogP contribution in [0.2, 0.25) is 0 Å². The number of aliphatic hydroxyl groups is 1. The maximum Gasteiger partial charge on any atom is 0.193 e. The van der Waals surface area contributed by atoms with E-state index in [0.717, 1.165) is 22.4 Å². The largest absolute Gasteiger partial charge is 0.384 e. The van der Waals surface area contributed by atoms with Crippen LogP contribution in [0.25, 0.3) is 0 Å². The maximum absolute atomic E-state index is 10.5. The minimum Gasteiger partial charge on any atom is -0.384 e.